The fraction of sp³-hybridized carbons (Fsp3) is 0.320. The molecule has 6 nitrogen and oxygen atoms in total. The molecule has 3 unspecified atom stereocenters. The van der Waals surface area contributed by atoms with Gasteiger partial charge in [0, 0.05) is 29.5 Å². The van der Waals surface area contributed by atoms with Crippen molar-refractivity contribution in [1.29, 1.82) is 0 Å². The van der Waals surface area contributed by atoms with E-state index in [0.29, 0.717) is 16.0 Å². The predicted molar refractivity (Wildman–Crippen MR) is 122 cm³/mol. The van der Waals surface area contributed by atoms with Crippen LogP contribution in [0.1, 0.15) is 32.8 Å². The van der Waals surface area contributed by atoms with Crippen LogP contribution in [0, 0.1) is 12.7 Å². The van der Waals surface area contributed by atoms with Crippen molar-refractivity contribution >= 4 is 17.1 Å². The lowest BCUT2D eigenvalue weighted by atomic mass is 9.88. The number of thiophene rings is 1. The first-order valence-electron chi connectivity index (χ1n) is 10.5. The van der Waals surface area contributed by atoms with Crippen LogP contribution in [0.5, 0.6) is 0 Å². The summed E-state index contributed by atoms with van der Waals surface area (Å²) in [6.07, 6.45) is -3.25. The fourth-order valence-corrected chi connectivity index (χ4v) is 5.05. The van der Waals surface area contributed by atoms with E-state index in [2.05, 4.69) is 0 Å². The first-order valence-corrected chi connectivity index (χ1v) is 11.3. The molecule has 0 aliphatic carbocycles. The molecule has 2 heterocycles. The molecule has 0 saturated carbocycles. The summed E-state index contributed by atoms with van der Waals surface area (Å²) in [6.45, 7) is 1.36. The van der Waals surface area contributed by atoms with E-state index in [1.54, 1.807) is 36.4 Å². The first-order chi connectivity index (χ1) is 15.8. The molecule has 1 saturated heterocycles. The van der Waals surface area contributed by atoms with Crippen LogP contribution in [0.25, 0.3) is 10.4 Å². The van der Waals surface area contributed by atoms with Gasteiger partial charge in [-0.25, -0.2) is 4.39 Å². The Morgan fingerprint density at radius 2 is 1.91 bits per heavy atom. The third-order valence-corrected chi connectivity index (χ3v) is 7.12. The van der Waals surface area contributed by atoms with E-state index in [4.69, 9.17) is 9.47 Å². The molecule has 3 N–H and O–H groups in total. The molecular formula is C25H25FO6S. The molecule has 1 aliphatic heterocycles. The first kappa shape index (κ1) is 23.7. The average Bonchev–Trinajstić information content (AvgIpc) is 3.30. The van der Waals surface area contributed by atoms with Crippen molar-refractivity contribution in [3.63, 3.8) is 0 Å². The molecule has 3 aromatic rings. The minimum atomic E-state index is -1.63. The van der Waals surface area contributed by atoms with Gasteiger partial charge >= 0.3 is 0 Å². The number of ether oxygens (including phenoxy) is 2. The molecule has 0 radical (unpaired) electrons. The molecule has 1 fully saturated rings. The summed E-state index contributed by atoms with van der Waals surface area (Å²) in [5, 5.41) is 30.4. The number of halogens is 1. The number of aliphatic hydroxyl groups is 3. The summed E-state index contributed by atoms with van der Waals surface area (Å²) in [7, 11) is 1.37. The zero-order chi connectivity index (χ0) is 23.8. The molecular weight excluding hydrogens is 447 g/mol. The van der Waals surface area contributed by atoms with Crippen molar-refractivity contribution in [3.05, 3.63) is 82.0 Å². The third kappa shape index (κ3) is 4.38. The third-order valence-electron chi connectivity index (χ3n) is 5.99. The Bertz CT molecular complexity index is 1140. The van der Waals surface area contributed by atoms with E-state index in [1.807, 2.05) is 13.0 Å². The van der Waals surface area contributed by atoms with Gasteiger partial charge in [0.25, 0.3) is 0 Å². The Labute approximate surface area is 194 Å². The Balaban J connectivity index is 1.69. The minimum Gasteiger partial charge on any atom is -0.394 e. The Morgan fingerprint density at radius 3 is 2.58 bits per heavy atom. The number of methoxy groups -OCH3 is 1. The SMILES string of the molecule is COC1(c2ccc(C)c(C(=O)c3ccc(-c4ccc(F)cc4)s3)c2)O[C@@H](CO)C(O)CC1O. The maximum atomic E-state index is 13.4. The molecule has 8 heteroatoms. The molecule has 0 amide bonds. The normalized spacial score (nSPS) is 25.2. The summed E-state index contributed by atoms with van der Waals surface area (Å²) in [4.78, 5) is 14.7. The predicted octanol–water partition coefficient (Wildman–Crippen LogP) is 3.40. The van der Waals surface area contributed by atoms with Crippen LogP contribution < -0.4 is 0 Å². The number of carbonyl (C=O) groups excluding carboxylic acids is 1. The number of benzene rings is 2. The van der Waals surface area contributed by atoms with Gasteiger partial charge < -0.3 is 24.8 Å². The molecule has 0 spiro atoms. The van der Waals surface area contributed by atoms with Gasteiger partial charge in [-0.15, -0.1) is 11.3 Å². The molecule has 4 atom stereocenters. The highest BCUT2D eigenvalue weighted by atomic mass is 32.1. The zero-order valence-corrected chi connectivity index (χ0v) is 19.0. The van der Waals surface area contributed by atoms with E-state index >= 15 is 0 Å². The van der Waals surface area contributed by atoms with Gasteiger partial charge in [-0.2, -0.15) is 0 Å². The van der Waals surface area contributed by atoms with E-state index in [1.165, 1.54) is 30.6 Å². The number of aliphatic hydroxyl groups excluding tert-OH is 3. The number of aryl methyl sites for hydroxylation is 1. The topological polar surface area (TPSA) is 96.2 Å². The van der Waals surface area contributed by atoms with Crippen molar-refractivity contribution in [2.24, 2.45) is 0 Å². The Kier molecular flexibility index (Phi) is 6.76. The maximum Gasteiger partial charge on any atom is 0.222 e. The van der Waals surface area contributed by atoms with E-state index in [9.17, 15) is 24.5 Å². The van der Waals surface area contributed by atoms with Crippen LogP contribution in [0.2, 0.25) is 0 Å². The number of hydrogen-bond donors (Lipinski definition) is 3. The highest BCUT2D eigenvalue weighted by molar-refractivity contribution is 7.17. The van der Waals surface area contributed by atoms with Crippen molar-refractivity contribution in [2.45, 2.75) is 37.4 Å². The monoisotopic (exact) mass is 472 g/mol. The van der Waals surface area contributed by atoms with Crippen LogP contribution >= 0.6 is 11.3 Å². The summed E-state index contributed by atoms with van der Waals surface area (Å²) in [6, 6.07) is 14.7. The second-order valence-electron chi connectivity index (χ2n) is 8.06. The van der Waals surface area contributed by atoms with Crippen molar-refractivity contribution in [3.8, 4) is 10.4 Å². The van der Waals surface area contributed by atoms with E-state index in [0.717, 1.165) is 16.0 Å². The molecule has 4 rings (SSSR count). The fourth-order valence-electron chi connectivity index (χ4n) is 4.08. The summed E-state index contributed by atoms with van der Waals surface area (Å²) < 4.78 is 24.6. The van der Waals surface area contributed by atoms with Crippen LogP contribution in [-0.2, 0) is 15.3 Å². The summed E-state index contributed by atoms with van der Waals surface area (Å²) >= 11 is 1.30. The summed E-state index contributed by atoms with van der Waals surface area (Å²) in [5.74, 6) is -2.17. The van der Waals surface area contributed by atoms with Crippen molar-refractivity contribution in [2.75, 3.05) is 13.7 Å². The largest absolute Gasteiger partial charge is 0.394 e. The average molecular weight is 473 g/mol. The van der Waals surface area contributed by atoms with Gasteiger partial charge in [0.15, 0.2) is 0 Å². The van der Waals surface area contributed by atoms with Crippen LogP contribution in [0.4, 0.5) is 4.39 Å². The van der Waals surface area contributed by atoms with E-state index in [-0.39, 0.29) is 18.0 Å². The standard InChI is InChI=1S/C25H25FO6S/c1-14-3-6-16(25(31-2)23(29)12-19(28)20(13-27)32-25)11-18(14)24(30)22-10-9-21(33-22)15-4-7-17(26)8-5-15/h3-11,19-20,23,27-29H,12-13H2,1-2H3/t19?,20-,23?,25?/m0/s1. The smallest absolute Gasteiger partial charge is 0.222 e. The second-order valence-corrected chi connectivity index (χ2v) is 9.14. The molecule has 1 aliphatic rings. The maximum absolute atomic E-state index is 13.4. The Hall–Kier alpha value is -2.46. The van der Waals surface area contributed by atoms with E-state index < -0.39 is 30.7 Å². The van der Waals surface area contributed by atoms with Gasteiger partial charge in [-0.1, -0.05) is 24.3 Å². The molecule has 2 aromatic carbocycles. The van der Waals surface area contributed by atoms with Crippen LogP contribution in [0.3, 0.4) is 0 Å². The molecule has 33 heavy (non-hydrogen) atoms. The summed E-state index contributed by atoms with van der Waals surface area (Å²) in [5.41, 5.74) is 2.37. The number of rotatable bonds is 6. The van der Waals surface area contributed by atoms with Crippen molar-refractivity contribution in [1.82, 2.24) is 0 Å². The van der Waals surface area contributed by atoms with Crippen LogP contribution in [-0.4, -0.2) is 53.1 Å². The van der Waals surface area contributed by atoms with Gasteiger partial charge in [-0.3, -0.25) is 4.79 Å². The zero-order valence-electron chi connectivity index (χ0n) is 18.2. The van der Waals surface area contributed by atoms with Gasteiger partial charge in [0.1, 0.15) is 18.0 Å². The van der Waals surface area contributed by atoms with Gasteiger partial charge in [0.05, 0.1) is 17.6 Å². The minimum absolute atomic E-state index is 0.0534. The molecule has 1 aromatic heterocycles. The second kappa shape index (κ2) is 9.42. The van der Waals surface area contributed by atoms with Gasteiger partial charge in [-0.05, 0) is 48.4 Å². The molecule has 0 bridgehead atoms. The lowest BCUT2D eigenvalue weighted by Gasteiger charge is -2.45. The number of carbonyl (C=O) groups is 1. The van der Waals surface area contributed by atoms with Crippen LogP contribution in [0.15, 0.2) is 54.6 Å². The van der Waals surface area contributed by atoms with Gasteiger partial charge in [0.2, 0.25) is 11.6 Å². The number of hydrogen-bond acceptors (Lipinski definition) is 7. The lowest BCUT2D eigenvalue weighted by molar-refractivity contribution is -0.342. The quantitative estimate of drug-likeness (QED) is 0.476. The Morgan fingerprint density at radius 1 is 1.18 bits per heavy atom. The lowest BCUT2D eigenvalue weighted by Crippen LogP contribution is -2.56. The number of ketones is 1. The molecule has 174 valence electrons. The van der Waals surface area contributed by atoms with Crippen molar-refractivity contribution < 1.29 is 34.0 Å². The highest BCUT2D eigenvalue weighted by Crippen LogP contribution is 2.40. The highest BCUT2D eigenvalue weighted by Gasteiger charge is 2.50.